The molecular formula is C34H27Cl2F12N9O7. The zero-order valence-corrected chi connectivity index (χ0v) is 32.9. The minimum atomic E-state index is -5.08. The molecular weight excluding hydrogens is 945 g/mol. The van der Waals surface area contributed by atoms with Crippen LogP contribution in [0, 0.1) is 0 Å². The fourth-order valence-corrected chi connectivity index (χ4v) is 5.31. The predicted octanol–water partition coefficient (Wildman–Crippen LogP) is 8.43. The van der Waals surface area contributed by atoms with Gasteiger partial charge in [-0.05, 0) is 54.3 Å². The molecule has 6 rings (SSSR count). The largest absolute Gasteiger partial charge is 0.490 e. The molecule has 6 bridgehead atoms. The van der Waals surface area contributed by atoms with Crippen molar-refractivity contribution in [3.63, 3.8) is 0 Å². The maximum atomic E-state index is 13.3. The molecule has 1 saturated heterocycles. The highest BCUT2D eigenvalue weighted by atomic mass is 35.5. The first-order valence-corrected chi connectivity index (χ1v) is 17.8. The number of pyridine rings is 2. The summed E-state index contributed by atoms with van der Waals surface area (Å²) < 4.78 is 134. The van der Waals surface area contributed by atoms with Crippen LogP contribution in [-0.4, -0.2) is 109 Å². The number of alkyl halides is 12. The van der Waals surface area contributed by atoms with Crippen molar-refractivity contribution in [2.45, 2.75) is 37.5 Å². The van der Waals surface area contributed by atoms with Gasteiger partial charge in [-0.25, -0.2) is 29.1 Å². The highest BCUT2D eigenvalue weighted by Crippen LogP contribution is 2.34. The number of fused-ring (bicyclic) bond motifs is 6. The third-order valence-corrected chi connectivity index (χ3v) is 8.39. The average Bonchev–Trinajstić information content (AvgIpc) is 3.19. The number of anilines is 6. The molecule has 1 fully saturated rings. The Balaban J connectivity index is 0.000000429. The Labute approximate surface area is 359 Å². The van der Waals surface area contributed by atoms with E-state index in [0.717, 1.165) is 34.8 Å². The number of hydrogen-bond acceptors (Lipinski definition) is 11. The Morgan fingerprint density at radius 2 is 1.22 bits per heavy atom. The quantitative estimate of drug-likeness (QED) is 0.104. The van der Waals surface area contributed by atoms with Crippen molar-refractivity contribution in [1.29, 1.82) is 0 Å². The zero-order valence-electron chi connectivity index (χ0n) is 31.4. The molecule has 64 heavy (non-hydrogen) atoms. The number of carboxylic acid groups (broad SMARTS) is 3. The molecule has 4 aromatic rings. The summed E-state index contributed by atoms with van der Waals surface area (Å²) in [6.07, 6.45) is -12.8. The molecule has 348 valence electrons. The number of carbonyl (C=O) groups is 4. The Hall–Kier alpha value is -6.58. The van der Waals surface area contributed by atoms with Crippen molar-refractivity contribution in [1.82, 2.24) is 24.8 Å². The number of aliphatic carboxylic acids is 3. The number of benzene rings is 1. The first kappa shape index (κ1) is 51.8. The first-order chi connectivity index (χ1) is 29.4. The summed E-state index contributed by atoms with van der Waals surface area (Å²) in [7, 11) is 0. The van der Waals surface area contributed by atoms with E-state index in [-0.39, 0.29) is 16.9 Å². The highest BCUT2D eigenvalue weighted by molar-refractivity contribution is 6.33. The number of nitrogens with zero attached hydrogens (tertiary/aromatic N) is 6. The monoisotopic (exact) mass is 971 g/mol. The predicted molar refractivity (Wildman–Crippen MR) is 200 cm³/mol. The van der Waals surface area contributed by atoms with Gasteiger partial charge >= 0.3 is 48.6 Å². The summed E-state index contributed by atoms with van der Waals surface area (Å²) in [6.45, 7) is 1.39. The summed E-state index contributed by atoms with van der Waals surface area (Å²) in [6, 6.07) is 8.13. The molecule has 5 heterocycles. The molecule has 2 aliphatic heterocycles. The number of hydrogen-bond donors (Lipinski definition) is 6. The number of urea groups is 1. The van der Waals surface area contributed by atoms with Crippen molar-refractivity contribution < 1.29 is 87.2 Å². The van der Waals surface area contributed by atoms with Crippen LogP contribution in [0.5, 0.6) is 0 Å². The van der Waals surface area contributed by atoms with Crippen LogP contribution in [0.2, 0.25) is 10.0 Å². The first-order valence-electron chi connectivity index (χ1n) is 17.0. The van der Waals surface area contributed by atoms with Crippen LogP contribution in [0.25, 0.3) is 0 Å². The number of aryl methyl sites for hydroxylation is 2. The van der Waals surface area contributed by atoms with Crippen molar-refractivity contribution in [3.05, 3.63) is 81.9 Å². The number of halogens is 14. The van der Waals surface area contributed by atoms with Gasteiger partial charge in [0.25, 0.3) is 0 Å². The molecule has 0 aliphatic carbocycles. The number of carboxylic acids is 3. The molecule has 0 radical (unpaired) electrons. The van der Waals surface area contributed by atoms with Crippen LogP contribution < -0.4 is 20.9 Å². The summed E-state index contributed by atoms with van der Waals surface area (Å²) in [5.74, 6) is -7.22. The van der Waals surface area contributed by atoms with Gasteiger partial charge in [0.1, 0.15) is 10.8 Å². The lowest BCUT2D eigenvalue weighted by molar-refractivity contribution is -0.193. The lowest BCUT2D eigenvalue weighted by Crippen LogP contribution is -2.50. The zero-order chi connectivity index (χ0) is 48.4. The van der Waals surface area contributed by atoms with Gasteiger partial charge in [-0.1, -0.05) is 23.2 Å². The van der Waals surface area contributed by atoms with Gasteiger partial charge < -0.3 is 41.1 Å². The molecule has 30 heteroatoms. The van der Waals surface area contributed by atoms with Crippen LogP contribution in [0.4, 0.5) is 92.1 Å². The van der Waals surface area contributed by atoms with E-state index in [0.29, 0.717) is 61.5 Å². The topological polar surface area (TPSA) is 223 Å². The maximum absolute atomic E-state index is 13.3. The number of amides is 2. The van der Waals surface area contributed by atoms with Gasteiger partial charge in [-0.15, -0.1) is 0 Å². The SMILES string of the molecule is O=C(Nc1ccc2cc1CCc1cncc(c1)Nc1ncc(Cl)c(n1)N2)N1CCN(c2ncc(C(F)(F)F)cc2Cl)CC1.O=C(O)C(F)(F)F.O=C(O)C(F)(F)F.O=C(O)C(F)(F)F. The standard InChI is InChI=1S/C28H24Cl2F3N9O.3C2HF3O2/c29-21-11-18(28(31,32)33)13-35-25(21)41-5-7-42(8-6-41)27(43)39-23-4-3-19-10-17(23)2-1-16-9-20(14-34-12-16)38-26-36-15-22(30)24(37-19)40-26;3*3-2(4,5)1(6)7/h3-4,9-15H,1-2,5-8H2,(H,39,43)(H2,36,37,38,40);3*(H,6,7). The molecule has 0 atom stereocenters. The van der Waals surface area contributed by atoms with E-state index in [4.69, 9.17) is 52.9 Å². The van der Waals surface area contributed by atoms with E-state index in [1.807, 2.05) is 24.3 Å². The van der Waals surface area contributed by atoms with E-state index in [1.54, 1.807) is 22.2 Å². The van der Waals surface area contributed by atoms with Crippen molar-refractivity contribution >= 4 is 81.8 Å². The van der Waals surface area contributed by atoms with Crippen molar-refractivity contribution in [2.24, 2.45) is 0 Å². The highest BCUT2D eigenvalue weighted by Gasteiger charge is 2.39. The number of carbonyl (C=O) groups excluding carboxylic acids is 1. The normalized spacial score (nSPS) is 13.7. The van der Waals surface area contributed by atoms with Gasteiger partial charge in [0.15, 0.2) is 5.82 Å². The maximum Gasteiger partial charge on any atom is 0.490 e. The molecule has 16 nitrogen and oxygen atoms in total. The van der Waals surface area contributed by atoms with Gasteiger partial charge in [0.2, 0.25) is 5.95 Å². The number of nitrogens with one attached hydrogen (secondary N) is 3. The van der Waals surface area contributed by atoms with E-state index in [9.17, 15) is 57.5 Å². The molecule has 6 N–H and O–H groups in total. The van der Waals surface area contributed by atoms with Crippen molar-refractivity contribution in [3.8, 4) is 0 Å². The molecule has 2 amide bonds. The molecule has 3 aromatic heterocycles. The number of piperazine rings is 1. The van der Waals surface area contributed by atoms with Crippen molar-refractivity contribution in [2.75, 3.05) is 47.0 Å². The Bertz CT molecular complexity index is 2250. The number of aromatic nitrogens is 4. The Morgan fingerprint density at radius 1 is 0.656 bits per heavy atom. The van der Waals surface area contributed by atoms with E-state index in [1.165, 1.54) is 6.20 Å². The van der Waals surface area contributed by atoms with Crippen LogP contribution in [0.3, 0.4) is 0 Å². The fraction of sp³-hybridized carbons (Fsp3) is 0.294. The molecule has 1 aromatic carbocycles. The summed E-state index contributed by atoms with van der Waals surface area (Å²) in [5, 5.41) is 31.0. The van der Waals surface area contributed by atoms with E-state index >= 15 is 0 Å². The second kappa shape index (κ2) is 21.2. The van der Waals surface area contributed by atoms with E-state index in [2.05, 4.69) is 35.9 Å². The van der Waals surface area contributed by atoms with E-state index < -0.39 is 48.2 Å². The van der Waals surface area contributed by atoms with Crippen LogP contribution >= 0.6 is 23.2 Å². The third-order valence-electron chi connectivity index (χ3n) is 7.83. The van der Waals surface area contributed by atoms with Gasteiger partial charge in [-0.3, -0.25) is 4.98 Å². The van der Waals surface area contributed by atoms with Crippen LogP contribution in [0.1, 0.15) is 16.7 Å². The molecule has 0 spiro atoms. The minimum absolute atomic E-state index is 0.0857. The summed E-state index contributed by atoms with van der Waals surface area (Å²) in [5.41, 5.74) is 3.09. The Kier molecular flexibility index (Phi) is 17.1. The lowest BCUT2D eigenvalue weighted by Gasteiger charge is -2.35. The smallest absolute Gasteiger partial charge is 0.475 e. The Morgan fingerprint density at radius 3 is 1.73 bits per heavy atom. The van der Waals surface area contributed by atoms with Crippen LogP contribution in [0.15, 0.2) is 55.1 Å². The lowest BCUT2D eigenvalue weighted by atomic mass is 10.0. The van der Waals surface area contributed by atoms with Gasteiger partial charge in [-0.2, -0.15) is 57.7 Å². The second-order valence-corrected chi connectivity index (χ2v) is 13.2. The van der Waals surface area contributed by atoms with Gasteiger partial charge in [0, 0.05) is 49.9 Å². The fourth-order valence-electron chi connectivity index (χ4n) is 4.89. The minimum Gasteiger partial charge on any atom is -0.475 e. The van der Waals surface area contributed by atoms with Gasteiger partial charge in [0.05, 0.1) is 28.7 Å². The summed E-state index contributed by atoms with van der Waals surface area (Å²) in [4.78, 5) is 60.4. The number of rotatable bonds is 2. The molecule has 2 aliphatic rings. The third kappa shape index (κ3) is 16.0. The van der Waals surface area contributed by atoms with Crippen LogP contribution in [-0.2, 0) is 33.4 Å². The molecule has 0 unspecified atom stereocenters. The summed E-state index contributed by atoms with van der Waals surface area (Å²) >= 11 is 12.5. The average molecular weight is 973 g/mol. The molecule has 0 saturated carbocycles. The second-order valence-electron chi connectivity index (χ2n) is 12.4.